The van der Waals surface area contributed by atoms with Crippen molar-refractivity contribution in [3.8, 4) is 22.5 Å². The fraction of sp³-hybridized carbons (Fsp3) is 0.481. The van der Waals surface area contributed by atoms with Crippen LogP contribution in [0.2, 0.25) is 10.3 Å². The zero-order valence-corrected chi connectivity index (χ0v) is 43.7. The first-order valence-electron chi connectivity index (χ1n) is 24.8. The number of benzene rings is 3. The standard InChI is InChI=1S/C54H67Cl2N9O6/c1-30(2)42(59-52(68)70-8)50(66)63-28-10-12-40(63)48-57-44(46(55)61-48)34-18-14-32(15-19-34)38-26-27-39(65(38)37-24-22-36(23-25-37)54(5,6)7)33-16-20-35(21-17-33)45-47(56)62-49(58-45)41-13-11-29-64(41)51(67)43(31(3)4)60-53(69)71-9/h14-25,30-31,38-43H,10-13,26-29H2,1-9H3,(H,57,61)(H,58,62)(H,59,68)(H,60,69)/t38-,39-,40+,41+,42+,43+/m1/s1. The number of likely N-dealkylation sites (tertiary alicyclic amines) is 2. The third-order valence-corrected chi connectivity index (χ3v) is 14.9. The van der Waals surface area contributed by atoms with Gasteiger partial charge in [0.05, 0.1) is 38.4 Å². The lowest BCUT2D eigenvalue weighted by Gasteiger charge is -2.34. The van der Waals surface area contributed by atoms with Crippen molar-refractivity contribution in [2.75, 3.05) is 32.2 Å². The quantitative estimate of drug-likeness (QED) is 0.0893. The highest BCUT2D eigenvalue weighted by atomic mass is 35.5. The molecule has 5 aromatic rings. The number of nitrogens with one attached hydrogen (secondary N) is 4. The topological polar surface area (TPSA) is 178 Å². The fourth-order valence-corrected chi connectivity index (χ4v) is 11.0. The number of alkyl carbamates (subject to hydrolysis) is 2. The van der Waals surface area contributed by atoms with Crippen molar-refractivity contribution in [2.45, 2.75) is 129 Å². The van der Waals surface area contributed by atoms with Gasteiger partial charge in [-0.25, -0.2) is 19.6 Å². The molecule has 71 heavy (non-hydrogen) atoms. The average molecular weight is 1010 g/mol. The minimum Gasteiger partial charge on any atom is -0.453 e. The van der Waals surface area contributed by atoms with Crippen LogP contribution in [0.15, 0.2) is 72.8 Å². The average Bonchev–Trinajstić information content (AvgIpc) is 4.22. The van der Waals surface area contributed by atoms with Crippen LogP contribution in [-0.2, 0) is 24.5 Å². The smallest absolute Gasteiger partial charge is 0.407 e. The molecule has 0 radical (unpaired) electrons. The number of H-pyrrole nitrogens is 2. The van der Waals surface area contributed by atoms with Crippen molar-refractivity contribution in [2.24, 2.45) is 11.8 Å². The number of carbonyl (C=O) groups is 4. The molecule has 4 amide bonds. The number of carbonyl (C=O) groups excluding carboxylic acids is 4. The van der Waals surface area contributed by atoms with Gasteiger partial charge in [0.2, 0.25) is 11.8 Å². The number of hydrogen-bond donors (Lipinski definition) is 4. The number of amides is 4. The molecule has 8 rings (SSSR count). The maximum absolute atomic E-state index is 13.8. The zero-order valence-electron chi connectivity index (χ0n) is 42.1. The lowest BCUT2D eigenvalue weighted by atomic mass is 9.87. The predicted octanol–water partition coefficient (Wildman–Crippen LogP) is 11.2. The highest BCUT2D eigenvalue weighted by Crippen LogP contribution is 2.48. The van der Waals surface area contributed by atoms with Crippen LogP contribution in [0.4, 0.5) is 15.3 Å². The molecule has 5 heterocycles. The number of anilines is 1. The molecule has 3 aliphatic rings. The van der Waals surface area contributed by atoms with Crippen LogP contribution in [0.25, 0.3) is 22.5 Å². The molecule has 0 aliphatic carbocycles. The van der Waals surface area contributed by atoms with Crippen LogP contribution in [0.3, 0.4) is 0 Å². The summed E-state index contributed by atoms with van der Waals surface area (Å²) in [5.41, 5.74) is 7.68. The van der Waals surface area contributed by atoms with Gasteiger partial charge in [0.1, 0.15) is 45.4 Å². The van der Waals surface area contributed by atoms with Gasteiger partial charge in [0.25, 0.3) is 0 Å². The van der Waals surface area contributed by atoms with Gasteiger partial charge in [-0.1, -0.05) is 132 Å². The summed E-state index contributed by atoms with van der Waals surface area (Å²) < 4.78 is 9.62. The first-order chi connectivity index (χ1) is 33.9. The second-order valence-electron chi connectivity index (χ2n) is 20.7. The van der Waals surface area contributed by atoms with Crippen molar-refractivity contribution in [1.29, 1.82) is 0 Å². The predicted molar refractivity (Wildman–Crippen MR) is 276 cm³/mol. The summed E-state index contributed by atoms with van der Waals surface area (Å²) in [5.74, 6) is 0.579. The molecule has 6 atom stereocenters. The molecule has 17 heteroatoms. The SMILES string of the molecule is COC(=O)N[C@H](C(=O)N1CCC[C@H]1c1nc(-c2ccc([C@H]3CC[C@H](c4ccc(-c5nc([C@@H]6CCCN6C(=O)[C@@H](NC(=O)OC)C(C)C)[nH]c5Cl)cc4)N3c3ccc(C(C)(C)C)cc3)cc2)c(Cl)[nH]1)C(C)C. The van der Waals surface area contributed by atoms with E-state index in [0.29, 0.717) is 59.3 Å². The second-order valence-corrected chi connectivity index (χ2v) is 21.5. The van der Waals surface area contributed by atoms with E-state index in [0.717, 1.165) is 42.5 Å². The highest BCUT2D eigenvalue weighted by Gasteiger charge is 2.41. The molecule has 3 aliphatic heterocycles. The normalized spacial score (nSPS) is 20.2. The summed E-state index contributed by atoms with van der Waals surface area (Å²) in [6.45, 7) is 15.3. The summed E-state index contributed by atoms with van der Waals surface area (Å²) in [6, 6.07) is 23.9. The number of imidazole rings is 2. The second kappa shape index (κ2) is 21.3. The summed E-state index contributed by atoms with van der Waals surface area (Å²) >= 11 is 13.8. The Labute approximate surface area is 426 Å². The summed E-state index contributed by atoms with van der Waals surface area (Å²) in [7, 11) is 2.57. The first-order valence-corrected chi connectivity index (χ1v) is 25.5. The van der Waals surface area contributed by atoms with Gasteiger partial charge in [0, 0.05) is 29.9 Å². The lowest BCUT2D eigenvalue weighted by Crippen LogP contribution is -2.51. The van der Waals surface area contributed by atoms with E-state index in [1.807, 2.05) is 27.7 Å². The molecule has 378 valence electrons. The maximum Gasteiger partial charge on any atom is 0.407 e. The third kappa shape index (κ3) is 10.8. The number of methoxy groups -OCH3 is 2. The molecule has 3 aromatic carbocycles. The molecular weight excluding hydrogens is 942 g/mol. The first kappa shape index (κ1) is 51.3. The van der Waals surface area contributed by atoms with E-state index in [4.69, 9.17) is 42.6 Å². The Kier molecular flexibility index (Phi) is 15.4. The Hall–Kier alpha value is -6.06. The Morgan fingerprint density at radius 3 is 1.35 bits per heavy atom. The molecular formula is C54H67Cl2N9O6. The minimum atomic E-state index is -0.737. The van der Waals surface area contributed by atoms with E-state index in [-0.39, 0.29) is 53.2 Å². The number of halogens is 2. The minimum absolute atomic E-state index is 0.00237. The summed E-state index contributed by atoms with van der Waals surface area (Å²) in [6.07, 6.45) is 3.58. The van der Waals surface area contributed by atoms with Gasteiger partial charge in [0.15, 0.2) is 0 Å². The van der Waals surface area contributed by atoms with E-state index >= 15 is 0 Å². The number of aromatic amines is 2. The molecule has 0 spiro atoms. The molecule has 3 saturated heterocycles. The third-order valence-electron chi connectivity index (χ3n) is 14.4. The van der Waals surface area contributed by atoms with E-state index < -0.39 is 24.3 Å². The van der Waals surface area contributed by atoms with Crippen molar-refractivity contribution in [3.63, 3.8) is 0 Å². The van der Waals surface area contributed by atoms with Crippen molar-refractivity contribution < 1.29 is 28.7 Å². The van der Waals surface area contributed by atoms with Gasteiger partial charge in [-0.05, 0) is 84.6 Å². The number of ether oxygens (including phenoxy) is 2. The van der Waals surface area contributed by atoms with Crippen LogP contribution < -0.4 is 15.5 Å². The molecule has 0 saturated carbocycles. The molecule has 4 N–H and O–H groups in total. The lowest BCUT2D eigenvalue weighted by molar-refractivity contribution is -0.136. The number of aromatic nitrogens is 4. The van der Waals surface area contributed by atoms with Crippen molar-refractivity contribution in [3.05, 3.63) is 111 Å². The fourth-order valence-electron chi connectivity index (χ4n) is 10.5. The van der Waals surface area contributed by atoms with Crippen LogP contribution in [0.5, 0.6) is 0 Å². The van der Waals surface area contributed by atoms with Crippen molar-refractivity contribution >= 4 is 52.9 Å². The van der Waals surface area contributed by atoms with E-state index in [1.165, 1.54) is 30.9 Å². The Morgan fingerprint density at radius 2 is 1.00 bits per heavy atom. The van der Waals surface area contributed by atoms with Crippen LogP contribution in [0.1, 0.15) is 139 Å². The van der Waals surface area contributed by atoms with E-state index in [2.05, 4.69) is 119 Å². The van der Waals surface area contributed by atoms with Crippen LogP contribution >= 0.6 is 23.2 Å². The molecule has 2 aromatic heterocycles. The van der Waals surface area contributed by atoms with Gasteiger partial charge >= 0.3 is 12.2 Å². The Bertz CT molecular complexity index is 2540. The monoisotopic (exact) mass is 1010 g/mol. The molecule has 0 unspecified atom stereocenters. The Morgan fingerprint density at radius 1 is 0.606 bits per heavy atom. The summed E-state index contributed by atoms with van der Waals surface area (Å²) in [4.78, 5) is 74.5. The van der Waals surface area contributed by atoms with Crippen LogP contribution in [-0.4, -0.2) is 93.1 Å². The van der Waals surface area contributed by atoms with E-state index in [9.17, 15) is 19.2 Å². The van der Waals surface area contributed by atoms with Gasteiger partial charge < -0.3 is 44.8 Å². The maximum atomic E-state index is 13.8. The highest BCUT2D eigenvalue weighted by molar-refractivity contribution is 6.32. The Balaban J connectivity index is 1.03. The molecule has 15 nitrogen and oxygen atoms in total. The van der Waals surface area contributed by atoms with Gasteiger partial charge in [-0.2, -0.15) is 0 Å². The largest absolute Gasteiger partial charge is 0.453 e. The van der Waals surface area contributed by atoms with Gasteiger partial charge in [-0.15, -0.1) is 0 Å². The number of hydrogen-bond acceptors (Lipinski definition) is 9. The van der Waals surface area contributed by atoms with Crippen molar-refractivity contribution in [1.82, 2.24) is 40.4 Å². The van der Waals surface area contributed by atoms with E-state index in [1.54, 1.807) is 9.80 Å². The molecule has 0 bridgehead atoms. The summed E-state index contributed by atoms with van der Waals surface area (Å²) in [5, 5.41) is 6.22. The van der Waals surface area contributed by atoms with Gasteiger partial charge in [-0.3, -0.25) is 9.59 Å². The number of nitrogens with zero attached hydrogens (tertiary/aromatic N) is 5. The van der Waals surface area contributed by atoms with Crippen LogP contribution in [0, 0.1) is 11.8 Å². The zero-order chi connectivity index (χ0) is 50.9. The number of rotatable bonds is 13. The molecule has 3 fully saturated rings.